The van der Waals surface area contributed by atoms with Crippen LogP contribution in [0.15, 0.2) is 12.4 Å². The van der Waals surface area contributed by atoms with E-state index >= 15 is 0 Å². The SMILES string of the molecule is CCC1CN(CCc2nccn2C)C(C)CN1. The molecule has 4 nitrogen and oxygen atoms in total. The summed E-state index contributed by atoms with van der Waals surface area (Å²) in [5, 5.41) is 3.59. The predicted molar refractivity (Wildman–Crippen MR) is 70.0 cm³/mol. The van der Waals surface area contributed by atoms with E-state index in [0.717, 1.165) is 19.5 Å². The van der Waals surface area contributed by atoms with Crippen molar-refractivity contribution >= 4 is 0 Å². The Kier molecular flexibility index (Phi) is 4.18. The molecule has 96 valence electrons. The quantitative estimate of drug-likeness (QED) is 0.848. The van der Waals surface area contributed by atoms with Crippen molar-refractivity contribution in [2.24, 2.45) is 7.05 Å². The van der Waals surface area contributed by atoms with E-state index in [0.29, 0.717) is 12.1 Å². The van der Waals surface area contributed by atoms with Crippen molar-refractivity contribution in [2.75, 3.05) is 19.6 Å². The van der Waals surface area contributed by atoms with E-state index in [1.54, 1.807) is 0 Å². The summed E-state index contributed by atoms with van der Waals surface area (Å²) < 4.78 is 2.12. The van der Waals surface area contributed by atoms with Crippen LogP contribution in [0.25, 0.3) is 0 Å². The third-order valence-corrected chi connectivity index (χ3v) is 3.82. The van der Waals surface area contributed by atoms with E-state index in [1.807, 2.05) is 12.4 Å². The summed E-state index contributed by atoms with van der Waals surface area (Å²) in [7, 11) is 2.07. The Labute approximate surface area is 104 Å². The van der Waals surface area contributed by atoms with Gasteiger partial charge in [-0.1, -0.05) is 6.92 Å². The molecule has 0 radical (unpaired) electrons. The van der Waals surface area contributed by atoms with Crippen LogP contribution in [0, 0.1) is 0 Å². The average molecular weight is 236 g/mol. The highest BCUT2D eigenvalue weighted by Crippen LogP contribution is 2.09. The molecule has 1 fully saturated rings. The van der Waals surface area contributed by atoms with E-state index in [-0.39, 0.29) is 0 Å². The van der Waals surface area contributed by atoms with Gasteiger partial charge in [0, 0.05) is 57.6 Å². The summed E-state index contributed by atoms with van der Waals surface area (Å²) in [6.07, 6.45) is 6.16. The fraction of sp³-hybridized carbons (Fsp3) is 0.769. The van der Waals surface area contributed by atoms with Crippen LogP contribution in [0.4, 0.5) is 0 Å². The monoisotopic (exact) mass is 236 g/mol. The van der Waals surface area contributed by atoms with E-state index in [9.17, 15) is 0 Å². The van der Waals surface area contributed by atoms with Gasteiger partial charge in [-0.2, -0.15) is 0 Å². The standard InChI is InChI=1S/C13H24N4/c1-4-12-10-17(11(2)9-15-12)7-5-13-14-6-8-16(13)3/h6,8,11-12,15H,4-5,7,9-10H2,1-3H3. The Morgan fingerprint density at radius 1 is 1.53 bits per heavy atom. The molecule has 0 spiro atoms. The zero-order chi connectivity index (χ0) is 12.3. The van der Waals surface area contributed by atoms with Crippen LogP contribution in [0.5, 0.6) is 0 Å². The molecular weight excluding hydrogens is 212 g/mol. The summed E-state index contributed by atoms with van der Waals surface area (Å²) >= 11 is 0. The highest BCUT2D eigenvalue weighted by Gasteiger charge is 2.23. The van der Waals surface area contributed by atoms with Crippen molar-refractivity contribution in [1.29, 1.82) is 0 Å². The van der Waals surface area contributed by atoms with E-state index < -0.39 is 0 Å². The van der Waals surface area contributed by atoms with Crippen LogP contribution in [0.1, 0.15) is 26.1 Å². The number of imidazole rings is 1. The molecule has 0 amide bonds. The first-order chi connectivity index (χ1) is 8.20. The van der Waals surface area contributed by atoms with E-state index in [4.69, 9.17) is 0 Å². The van der Waals surface area contributed by atoms with Crippen LogP contribution in [0.3, 0.4) is 0 Å². The van der Waals surface area contributed by atoms with Crippen molar-refractivity contribution < 1.29 is 0 Å². The summed E-state index contributed by atoms with van der Waals surface area (Å²) in [4.78, 5) is 6.97. The van der Waals surface area contributed by atoms with E-state index in [2.05, 4.69) is 40.7 Å². The Hall–Kier alpha value is -0.870. The number of piperazine rings is 1. The minimum Gasteiger partial charge on any atom is -0.338 e. The summed E-state index contributed by atoms with van der Waals surface area (Å²) in [5.74, 6) is 1.18. The molecule has 1 aliphatic heterocycles. The number of nitrogens with zero attached hydrogens (tertiary/aromatic N) is 3. The number of rotatable bonds is 4. The second-order valence-electron chi connectivity index (χ2n) is 5.06. The van der Waals surface area contributed by atoms with Gasteiger partial charge in [-0.15, -0.1) is 0 Å². The number of hydrogen-bond donors (Lipinski definition) is 1. The zero-order valence-electron chi connectivity index (χ0n) is 11.2. The van der Waals surface area contributed by atoms with Crippen molar-refractivity contribution in [3.8, 4) is 0 Å². The predicted octanol–water partition coefficient (Wildman–Crippen LogP) is 1.03. The van der Waals surface area contributed by atoms with Gasteiger partial charge >= 0.3 is 0 Å². The molecule has 0 aliphatic carbocycles. The van der Waals surface area contributed by atoms with Gasteiger partial charge in [0.15, 0.2) is 0 Å². The van der Waals surface area contributed by atoms with Crippen molar-refractivity contribution in [3.63, 3.8) is 0 Å². The summed E-state index contributed by atoms with van der Waals surface area (Å²) in [5.41, 5.74) is 0. The average Bonchev–Trinajstić information content (AvgIpc) is 2.74. The maximum Gasteiger partial charge on any atom is 0.109 e. The molecule has 4 heteroatoms. The van der Waals surface area contributed by atoms with Gasteiger partial charge < -0.3 is 9.88 Å². The normalized spacial score (nSPS) is 26.3. The molecular formula is C13H24N4. The number of aromatic nitrogens is 2. The fourth-order valence-corrected chi connectivity index (χ4v) is 2.46. The Bertz CT molecular complexity index is 347. The van der Waals surface area contributed by atoms with Crippen LogP contribution in [0.2, 0.25) is 0 Å². The fourth-order valence-electron chi connectivity index (χ4n) is 2.46. The third-order valence-electron chi connectivity index (χ3n) is 3.82. The molecule has 2 unspecified atom stereocenters. The van der Waals surface area contributed by atoms with Crippen LogP contribution < -0.4 is 5.32 Å². The lowest BCUT2D eigenvalue weighted by Gasteiger charge is -2.38. The smallest absolute Gasteiger partial charge is 0.109 e. The van der Waals surface area contributed by atoms with Crippen LogP contribution in [-0.4, -0.2) is 46.2 Å². The molecule has 17 heavy (non-hydrogen) atoms. The topological polar surface area (TPSA) is 33.1 Å². The first-order valence-electron chi connectivity index (χ1n) is 6.64. The molecule has 0 saturated carbocycles. The Morgan fingerprint density at radius 3 is 3.00 bits per heavy atom. The highest BCUT2D eigenvalue weighted by molar-refractivity contribution is 4.93. The maximum atomic E-state index is 4.39. The molecule has 1 aliphatic rings. The largest absolute Gasteiger partial charge is 0.338 e. The lowest BCUT2D eigenvalue weighted by atomic mass is 10.1. The number of hydrogen-bond acceptors (Lipinski definition) is 3. The second-order valence-corrected chi connectivity index (χ2v) is 5.06. The maximum absolute atomic E-state index is 4.39. The Morgan fingerprint density at radius 2 is 2.35 bits per heavy atom. The van der Waals surface area contributed by atoms with Gasteiger partial charge in [-0.25, -0.2) is 4.98 Å². The van der Waals surface area contributed by atoms with Gasteiger partial charge in [-0.3, -0.25) is 4.90 Å². The van der Waals surface area contributed by atoms with Gasteiger partial charge in [0.1, 0.15) is 5.82 Å². The van der Waals surface area contributed by atoms with Crippen molar-refractivity contribution in [3.05, 3.63) is 18.2 Å². The van der Waals surface area contributed by atoms with E-state index in [1.165, 1.54) is 18.8 Å². The summed E-state index contributed by atoms with van der Waals surface area (Å²) in [6.45, 7) is 7.95. The second kappa shape index (κ2) is 5.65. The van der Waals surface area contributed by atoms with Gasteiger partial charge in [0.25, 0.3) is 0 Å². The lowest BCUT2D eigenvalue weighted by molar-refractivity contribution is 0.140. The molecule has 0 aromatic carbocycles. The molecule has 1 aromatic heterocycles. The third kappa shape index (κ3) is 3.07. The summed E-state index contributed by atoms with van der Waals surface area (Å²) in [6, 6.07) is 1.30. The first kappa shape index (κ1) is 12.6. The van der Waals surface area contributed by atoms with Crippen LogP contribution in [-0.2, 0) is 13.5 Å². The van der Waals surface area contributed by atoms with Crippen molar-refractivity contribution in [2.45, 2.75) is 38.8 Å². The lowest BCUT2D eigenvalue weighted by Crippen LogP contribution is -2.55. The number of aryl methyl sites for hydroxylation is 1. The molecule has 2 rings (SSSR count). The molecule has 1 aromatic rings. The van der Waals surface area contributed by atoms with Gasteiger partial charge in [0.05, 0.1) is 0 Å². The first-order valence-corrected chi connectivity index (χ1v) is 6.64. The molecule has 1 saturated heterocycles. The molecule has 2 heterocycles. The van der Waals surface area contributed by atoms with Crippen LogP contribution >= 0.6 is 0 Å². The molecule has 2 atom stereocenters. The van der Waals surface area contributed by atoms with Gasteiger partial charge in [0.2, 0.25) is 0 Å². The molecule has 1 N–H and O–H groups in total. The minimum atomic E-state index is 0.637. The highest BCUT2D eigenvalue weighted by atomic mass is 15.2. The zero-order valence-corrected chi connectivity index (χ0v) is 11.2. The minimum absolute atomic E-state index is 0.637. The van der Waals surface area contributed by atoms with Crippen molar-refractivity contribution in [1.82, 2.24) is 19.8 Å². The Balaban J connectivity index is 1.87. The molecule has 0 bridgehead atoms. The number of nitrogens with one attached hydrogen (secondary N) is 1. The van der Waals surface area contributed by atoms with Gasteiger partial charge in [-0.05, 0) is 13.3 Å².